The monoisotopic (exact) mass is 821 g/mol. The summed E-state index contributed by atoms with van der Waals surface area (Å²) in [6, 6.07) is 0. The van der Waals surface area contributed by atoms with Crippen LogP contribution >= 0.6 is 0 Å². The number of esters is 1. The number of hydrogen-bond acceptors (Lipinski definition) is 9. The second-order valence-corrected chi connectivity index (χ2v) is 16.2. The summed E-state index contributed by atoms with van der Waals surface area (Å²) in [5, 5.41) is 40.1. The standard InChI is InChI=1S/C49H88O9/c1-3-5-7-9-11-13-15-17-19-20-21-22-23-25-27-29-31-33-35-37-39-55-41-43(42-56-49-48(54)47(53)46(52)44(40-50)58-49)57-45(51)38-36-34-32-30-28-26-24-18-16-14-12-10-8-6-4-2/h11,13,17-19,21-22,24,43-44,46-50,52-54H,3-10,12,14-16,20,23,25-42H2,1-2H3/b13-11-,19-17-,22-21-,24-18-. The molecule has 1 aliphatic rings. The first-order valence-corrected chi connectivity index (χ1v) is 23.7. The molecule has 0 amide bonds. The summed E-state index contributed by atoms with van der Waals surface area (Å²) < 4.78 is 22.8. The van der Waals surface area contributed by atoms with Gasteiger partial charge in [0, 0.05) is 13.0 Å². The normalized spacial score (nSPS) is 20.7. The van der Waals surface area contributed by atoms with Crippen molar-refractivity contribution in [2.75, 3.05) is 26.4 Å². The summed E-state index contributed by atoms with van der Waals surface area (Å²) >= 11 is 0. The number of carbonyl (C=O) groups excluding carboxylic acids is 1. The first-order valence-electron chi connectivity index (χ1n) is 23.7. The Morgan fingerprint density at radius 1 is 0.552 bits per heavy atom. The smallest absolute Gasteiger partial charge is 0.306 e. The Balaban J connectivity index is 2.26. The fraction of sp³-hybridized carbons (Fsp3) is 0.816. The molecule has 1 saturated heterocycles. The van der Waals surface area contributed by atoms with Crippen LogP contribution in [0.5, 0.6) is 0 Å². The van der Waals surface area contributed by atoms with Crippen LogP contribution in [0.15, 0.2) is 48.6 Å². The summed E-state index contributed by atoms with van der Waals surface area (Å²) in [7, 11) is 0. The molecule has 4 N–H and O–H groups in total. The first-order chi connectivity index (χ1) is 28.4. The Morgan fingerprint density at radius 2 is 1.00 bits per heavy atom. The molecular formula is C49H88O9. The third-order valence-electron chi connectivity index (χ3n) is 10.7. The summed E-state index contributed by atoms with van der Waals surface area (Å²) in [5.74, 6) is -0.326. The Labute approximate surface area is 354 Å². The molecule has 338 valence electrons. The van der Waals surface area contributed by atoms with Crippen LogP contribution in [-0.2, 0) is 23.7 Å². The van der Waals surface area contributed by atoms with Crippen molar-refractivity contribution in [1.82, 2.24) is 0 Å². The van der Waals surface area contributed by atoms with Gasteiger partial charge in [0.1, 0.15) is 30.5 Å². The number of unbranched alkanes of at least 4 members (excludes halogenated alkanes) is 21. The maximum Gasteiger partial charge on any atom is 0.306 e. The molecule has 0 spiro atoms. The van der Waals surface area contributed by atoms with Crippen molar-refractivity contribution in [2.24, 2.45) is 0 Å². The zero-order chi connectivity index (χ0) is 42.2. The zero-order valence-corrected chi connectivity index (χ0v) is 37.0. The summed E-state index contributed by atoms with van der Waals surface area (Å²) in [6.07, 6.45) is 42.7. The predicted molar refractivity (Wildman–Crippen MR) is 238 cm³/mol. The van der Waals surface area contributed by atoms with E-state index in [1.807, 2.05) is 0 Å². The highest BCUT2D eigenvalue weighted by molar-refractivity contribution is 5.69. The Kier molecular flexibility index (Phi) is 37.9. The molecule has 6 atom stereocenters. The lowest BCUT2D eigenvalue weighted by Gasteiger charge is -2.39. The van der Waals surface area contributed by atoms with E-state index in [1.54, 1.807) is 0 Å². The second-order valence-electron chi connectivity index (χ2n) is 16.2. The fourth-order valence-corrected chi connectivity index (χ4v) is 6.96. The van der Waals surface area contributed by atoms with Gasteiger partial charge in [-0.2, -0.15) is 0 Å². The Hall–Kier alpha value is -1.85. The quantitative estimate of drug-likeness (QED) is 0.0271. The van der Waals surface area contributed by atoms with Crippen molar-refractivity contribution in [3.63, 3.8) is 0 Å². The molecule has 6 unspecified atom stereocenters. The number of ether oxygens (including phenoxy) is 4. The Bertz CT molecular complexity index is 1030. The van der Waals surface area contributed by atoms with Gasteiger partial charge in [0.25, 0.3) is 0 Å². The number of aliphatic hydroxyl groups excluding tert-OH is 4. The van der Waals surface area contributed by atoms with Crippen molar-refractivity contribution < 1.29 is 44.2 Å². The Morgan fingerprint density at radius 3 is 1.55 bits per heavy atom. The number of rotatable bonds is 40. The topological polar surface area (TPSA) is 135 Å². The van der Waals surface area contributed by atoms with Gasteiger partial charge >= 0.3 is 5.97 Å². The largest absolute Gasteiger partial charge is 0.457 e. The molecule has 9 nitrogen and oxygen atoms in total. The minimum absolute atomic E-state index is 0.121. The highest BCUT2D eigenvalue weighted by Gasteiger charge is 2.44. The van der Waals surface area contributed by atoms with Crippen LogP contribution in [-0.4, -0.2) is 89.6 Å². The van der Waals surface area contributed by atoms with Crippen LogP contribution in [0, 0.1) is 0 Å². The molecule has 0 bridgehead atoms. The van der Waals surface area contributed by atoms with Gasteiger partial charge < -0.3 is 39.4 Å². The molecule has 0 saturated carbocycles. The van der Waals surface area contributed by atoms with Gasteiger partial charge in [-0.1, -0.05) is 159 Å². The third-order valence-corrected chi connectivity index (χ3v) is 10.7. The number of aliphatic hydroxyl groups is 4. The lowest BCUT2D eigenvalue weighted by atomic mass is 9.99. The molecular weight excluding hydrogens is 733 g/mol. The minimum atomic E-state index is -1.54. The van der Waals surface area contributed by atoms with E-state index in [0.29, 0.717) is 13.0 Å². The summed E-state index contributed by atoms with van der Waals surface area (Å²) in [5.41, 5.74) is 0. The van der Waals surface area contributed by atoms with Gasteiger partial charge in [-0.15, -0.1) is 0 Å². The molecule has 0 aromatic rings. The molecule has 0 aromatic heterocycles. The number of carbonyl (C=O) groups is 1. The van der Waals surface area contributed by atoms with Crippen molar-refractivity contribution in [3.8, 4) is 0 Å². The van der Waals surface area contributed by atoms with Gasteiger partial charge in [-0.05, 0) is 77.0 Å². The number of hydrogen-bond donors (Lipinski definition) is 4. The van der Waals surface area contributed by atoms with Crippen LogP contribution in [0.4, 0.5) is 0 Å². The van der Waals surface area contributed by atoms with Crippen LogP contribution in [0.1, 0.15) is 194 Å². The first kappa shape index (κ1) is 54.2. The van der Waals surface area contributed by atoms with E-state index in [9.17, 15) is 25.2 Å². The van der Waals surface area contributed by atoms with E-state index in [0.717, 1.165) is 70.6 Å². The van der Waals surface area contributed by atoms with Crippen LogP contribution in [0.2, 0.25) is 0 Å². The molecule has 0 radical (unpaired) electrons. The van der Waals surface area contributed by atoms with Gasteiger partial charge in [0.15, 0.2) is 6.29 Å². The number of allylic oxidation sites excluding steroid dienone is 8. The molecule has 1 rings (SSSR count). The molecule has 0 aromatic carbocycles. The van der Waals surface area contributed by atoms with Gasteiger partial charge in [0.2, 0.25) is 0 Å². The molecule has 58 heavy (non-hydrogen) atoms. The van der Waals surface area contributed by atoms with Crippen LogP contribution < -0.4 is 0 Å². The molecule has 9 heteroatoms. The zero-order valence-electron chi connectivity index (χ0n) is 37.0. The van der Waals surface area contributed by atoms with E-state index >= 15 is 0 Å². The van der Waals surface area contributed by atoms with Crippen molar-refractivity contribution >= 4 is 5.97 Å². The molecule has 0 aliphatic carbocycles. The van der Waals surface area contributed by atoms with Crippen molar-refractivity contribution in [3.05, 3.63) is 48.6 Å². The lowest BCUT2D eigenvalue weighted by molar-refractivity contribution is -0.305. The molecule has 1 heterocycles. The highest BCUT2D eigenvalue weighted by Crippen LogP contribution is 2.22. The van der Waals surface area contributed by atoms with E-state index in [2.05, 4.69) is 62.5 Å². The van der Waals surface area contributed by atoms with E-state index in [-0.39, 0.29) is 19.2 Å². The second kappa shape index (κ2) is 40.6. The summed E-state index contributed by atoms with van der Waals surface area (Å²) in [6.45, 7) is 4.50. The van der Waals surface area contributed by atoms with Crippen molar-refractivity contribution in [1.29, 1.82) is 0 Å². The van der Waals surface area contributed by atoms with E-state index < -0.39 is 43.4 Å². The van der Waals surface area contributed by atoms with E-state index in [1.165, 1.54) is 103 Å². The van der Waals surface area contributed by atoms with Crippen molar-refractivity contribution in [2.45, 2.75) is 230 Å². The predicted octanol–water partition coefficient (Wildman–Crippen LogP) is 10.9. The van der Waals surface area contributed by atoms with Gasteiger partial charge in [0.05, 0.1) is 19.8 Å². The maximum absolute atomic E-state index is 12.8. The molecule has 1 aliphatic heterocycles. The average molecular weight is 821 g/mol. The highest BCUT2D eigenvalue weighted by atomic mass is 16.7. The minimum Gasteiger partial charge on any atom is -0.457 e. The molecule has 1 fully saturated rings. The van der Waals surface area contributed by atoms with Gasteiger partial charge in [-0.25, -0.2) is 0 Å². The lowest BCUT2D eigenvalue weighted by Crippen LogP contribution is -2.59. The summed E-state index contributed by atoms with van der Waals surface area (Å²) in [4.78, 5) is 12.8. The fourth-order valence-electron chi connectivity index (χ4n) is 6.96. The van der Waals surface area contributed by atoms with E-state index in [4.69, 9.17) is 18.9 Å². The maximum atomic E-state index is 12.8. The third kappa shape index (κ3) is 31.1. The van der Waals surface area contributed by atoms with Crippen LogP contribution in [0.3, 0.4) is 0 Å². The van der Waals surface area contributed by atoms with Crippen LogP contribution in [0.25, 0.3) is 0 Å². The van der Waals surface area contributed by atoms with Gasteiger partial charge in [-0.3, -0.25) is 4.79 Å². The average Bonchev–Trinajstić information content (AvgIpc) is 3.22. The SMILES string of the molecule is CCCCC/C=C\C/C=C\C/C=C\CCCCCCCCCOCC(COC1OC(CO)C(O)C(O)C1O)OC(=O)CCCCCCC/C=C\CCCCCCCC.